The van der Waals surface area contributed by atoms with Gasteiger partial charge in [-0.05, 0) is 42.9 Å². The maximum Gasteiger partial charge on any atom is 0.239 e. The van der Waals surface area contributed by atoms with E-state index in [2.05, 4.69) is 31.0 Å². The van der Waals surface area contributed by atoms with Gasteiger partial charge < -0.3 is 4.74 Å². The quantitative estimate of drug-likeness (QED) is 0.802. The summed E-state index contributed by atoms with van der Waals surface area (Å²) in [6.07, 6.45) is 3.29. The largest absolute Gasteiger partial charge is 0.434 e. The fourth-order valence-corrected chi connectivity index (χ4v) is 3.08. The van der Waals surface area contributed by atoms with Gasteiger partial charge in [-0.2, -0.15) is 5.10 Å². The van der Waals surface area contributed by atoms with Crippen LogP contribution in [-0.2, 0) is 5.41 Å². The van der Waals surface area contributed by atoms with Crippen molar-refractivity contribution in [1.29, 1.82) is 0 Å². The average molecular weight is 300 g/mol. The Morgan fingerprint density at radius 3 is 2.82 bits per heavy atom. The topological polar surface area (TPSA) is 35.0 Å². The highest BCUT2D eigenvalue weighted by Gasteiger charge is 2.35. The van der Waals surface area contributed by atoms with Gasteiger partial charge in [0.05, 0.1) is 5.69 Å². The van der Waals surface area contributed by atoms with Gasteiger partial charge in [-0.1, -0.05) is 32.9 Å². The van der Waals surface area contributed by atoms with Gasteiger partial charge in [-0.3, -0.25) is 0 Å². The molecular formula is C18H21FN2O. The number of fused-ring (bicyclic) bond motifs is 1. The monoisotopic (exact) mass is 300 g/mol. The van der Waals surface area contributed by atoms with Crippen LogP contribution in [0.5, 0.6) is 11.6 Å². The first-order chi connectivity index (χ1) is 10.5. The third-order valence-electron chi connectivity index (χ3n) is 4.86. The molecule has 1 heterocycles. The highest BCUT2D eigenvalue weighted by atomic mass is 19.1. The molecule has 3 nitrogen and oxygen atoms in total. The van der Waals surface area contributed by atoms with E-state index in [4.69, 9.17) is 4.74 Å². The molecule has 0 amide bonds. The smallest absolute Gasteiger partial charge is 0.239 e. The number of halogens is 1. The molecule has 0 spiro atoms. The van der Waals surface area contributed by atoms with E-state index in [-0.39, 0.29) is 11.2 Å². The molecule has 1 aliphatic rings. The van der Waals surface area contributed by atoms with E-state index in [1.165, 1.54) is 11.6 Å². The molecule has 4 heteroatoms. The van der Waals surface area contributed by atoms with Crippen molar-refractivity contribution in [3.05, 3.63) is 47.4 Å². The molecule has 2 aromatic rings. The maximum atomic E-state index is 13.7. The number of ether oxygens (including phenoxy) is 1. The first-order valence-electron chi connectivity index (χ1n) is 7.84. The summed E-state index contributed by atoms with van der Waals surface area (Å²) >= 11 is 0. The summed E-state index contributed by atoms with van der Waals surface area (Å²) in [4.78, 5) is 0. The van der Waals surface area contributed by atoms with Gasteiger partial charge in [-0.25, -0.2) is 4.39 Å². The van der Waals surface area contributed by atoms with Crippen LogP contribution in [0.3, 0.4) is 0 Å². The second kappa shape index (κ2) is 5.67. The Labute approximate surface area is 130 Å². The van der Waals surface area contributed by atoms with Gasteiger partial charge in [0, 0.05) is 11.5 Å². The van der Waals surface area contributed by atoms with Crippen LogP contribution < -0.4 is 4.74 Å². The summed E-state index contributed by atoms with van der Waals surface area (Å²) in [5.41, 5.74) is 2.32. The molecule has 0 N–H and O–H groups in total. The van der Waals surface area contributed by atoms with Crippen LogP contribution in [0, 0.1) is 5.82 Å². The van der Waals surface area contributed by atoms with Crippen LogP contribution >= 0.6 is 0 Å². The number of hydrogen-bond donors (Lipinski definition) is 0. The van der Waals surface area contributed by atoms with E-state index in [0.29, 0.717) is 11.8 Å². The minimum atomic E-state index is -0.395. The summed E-state index contributed by atoms with van der Waals surface area (Å²) in [7, 11) is 0. The highest BCUT2D eigenvalue weighted by molar-refractivity contribution is 5.37. The van der Waals surface area contributed by atoms with Gasteiger partial charge in [0.15, 0.2) is 11.6 Å². The molecule has 0 bridgehead atoms. The molecule has 1 aromatic heterocycles. The normalized spacial score (nSPS) is 23.9. The van der Waals surface area contributed by atoms with E-state index in [1.807, 2.05) is 6.07 Å². The van der Waals surface area contributed by atoms with Crippen molar-refractivity contribution < 1.29 is 9.13 Å². The number of para-hydroxylation sites is 1. The lowest BCUT2D eigenvalue weighted by Gasteiger charge is -2.36. The molecule has 1 aliphatic carbocycles. The highest BCUT2D eigenvalue weighted by Crippen LogP contribution is 2.44. The summed E-state index contributed by atoms with van der Waals surface area (Å²) in [6.45, 7) is 6.62. The zero-order valence-corrected chi connectivity index (χ0v) is 13.3. The van der Waals surface area contributed by atoms with E-state index < -0.39 is 5.82 Å². The predicted molar refractivity (Wildman–Crippen MR) is 83.8 cm³/mol. The Balaban J connectivity index is 1.97. The zero-order valence-electron chi connectivity index (χ0n) is 13.3. The van der Waals surface area contributed by atoms with Crippen LogP contribution in [0.4, 0.5) is 4.39 Å². The zero-order chi connectivity index (χ0) is 15.7. The van der Waals surface area contributed by atoms with Gasteiger partial charge in [0.1, 0.15) is 0 Å². The Morgan fingerprint density at radius 2 is 2.09 bits per heavy atom. The van der Waals surface area contributed by atoms with Crippen molar-refractivity contribution >= 4 is 0 Å². The third-order valence-corrected chi connectivity index (χ3v) is 4.86. The van der Waals surface area contributed by atoms with E-state index >= 15 is 0 Å². The summed E-state index contributed by atoms with van der Waals surface area (Å²) in [5, 5.41) is 8.59. The molecule has 1 aromatic carbocycles. The van der Waals surface area contributed by atoms with Crippen LogP contribution in [0.1, 0.15) is 57.2 Å². The average Bonchev–Trinajstić information content (AvgIpc) is 2.53. The Morgan fingerprint density at radius 1 is 1.32 bits per heavy atom. The molecular weight excluding hydrogens is 279 g/mol. The van der Waals surface area contributed by atoms with Crippen LogP contribution in [0.25, 0.3) is 0 Å². The Bertz CT molecular complexity index is 689. The summed E-state index contributed by atoms with van der Waals surface area (Å²) in [5.74, 6) is 0.566. The lowest BCUT2D eigenvalue weighted by molar-refractivity contribution is 0.338. The molecule has 22 heavy (non-hydrogen) atoms. The van der Waals surface area contributed by atoms with Crippen LogP contribution in [0.2, 0.25) is 0 Å². The van der Waals surface area contributed by atoms with Gasteiger partial charge in [0.2, 0.25) is 5.88 Å². The van der Waals surface area contributed by atoms with Gasteiger partial charge in [-0.15, -0.1) is 5.10 Å². The molecule has 0 fully saturated rings. The molecule has 0 aliphatic heterocycles. The van der Waals surface area contributed by atoms with Crippen molar-refractivity contribution in [2.24, 2.45) is 0 Å². The minimum absolute atomic E-state index is 0.0748. The lowest BCUT2D eigenvalue weighted by atomic mass is 9.69. The van der Waals surface area contributed by atoms with Crippen molar-refractivity contribution in [3.8, 4) is 11.6 Å². The standard InChI is InChI=1S/C18H21FN2O/c1-4-18(3)10-9-12(2)13-11-16(20-21-17(13)18)22-15-8-6-5-7-14(15)19/h5-8,11-12H,4,9-10H2,1-3H3/t12-,18+/m1/s1. The summed E-state index contributed by atoms with van der Waals surface area (Å²) in [6, 6.07) is 8.26. The fourth-order valence-electron chi connectivity index (χ4n) is 3.08. The van der Waals surface area contributed by atoms with Crippen molar-refractivity contribution in [3.63, 3.8) is 0 Å². The van der Waals surface area contributed by atoms with Crippen molar-refractivity contribution in [2.75, 3.05) is 0 Å². The first-order valence-corrected chi connectivity index (χ1v) is 7.84. The van der Waals surface area contributed by atoms with Gasteiger partial charge >= 0.3 is 0 Å². The Hall–Kier alpha value is -1.97. The van der Waals surface area contributed by atoms with Crippen LogP contribution in [-0.4, -0.2) is 10.2 Å². The molecule has 0 saturated carbocycles. The van der Waals surface area contributed by atoms with E-state index in [1.54, 1.807) is 18.2 Å². The predicted octanol–water partition coefficient (Wildman–Crippen LogP) is 4.97. The van der Waals surface area contributed by atoms with Crippen LogP contribution in [0.15, 0.2) is 30.3 Å². The SMILES string of the molecule is CC[C@@]1(C)CC[C@@H](C)c2cc(Oc3ccccc3F)nnc21. The molecule has 0 saturated heterocycles. The number of aromatic nitrogens is 2. The number of rotatable bonds is 3. The summed E-state index contributed by atoms with van der Waals surface area (Å²) < 4.78 is 19.3. The number of nitrogens with zero attached hydrogens (tertiary/aromatic N) is 2. The molecule has 3 rings (SSSR count). The number of hydrogen-bond acceptors (Lipinski definition) is 3. The van der Waals surface area contributed by atoms with E-state index in [9.17, 15) is 4.39 Å². The molecule has 116 valence electrons. The van der Waals surface area contributed by atoms with Crippen molar-refractivity contribution in [1.82, 2.24) is 10.2 Å². The van der Waals surface area contributed by atoms with Crippen molar-refractivity contribution in [2.45, 2.75) is 51.4 Å². The third kappa shape index (κ3) is 2.58. The van der Waals surface area contributed by atoms with E-state index in [0.717, 1.165) is 25.0 Å². The lowest BCUT2D eigenvalue weighted by Crippen LogP contribution is -2.30. The first kappa shape index (κ1) is 14.9. The minimum Gasteiger partial charge on any atom is -0.434 e. The number of benzene rings is 1. The molecule has 2 atom stereocenters. The van der Waals surface area contributed by atoms with Gasteiger partial charge in [0.25, 0.3) is 0 Å². The molecule has 0 radical (unpaired) electrons. The maximum absolute atomic E-state index is 13.7. The second-order valence-corrected chi connectivity index (χ2v) is 6.37. The molecule has 0 unspecified atom stereocenters. The Kier molecular flexibility index (Phi) is 3.85. The fraction of sp³-hybridized carbons (Fsp3) is 0.444. The second-order valence-electron chi connectivity index (χ2n) is 6.37.